The number of benzene rings is 2. The molecule has 23 heavy (non-hydrogen) atoms. The summed E-state index contributed by atoms with van der Waals surface area (Å²) in [5, 5.41) is 9.10. The van der Waals surface area contributed by atoms with Gasteiger partial charge in [-0.15, -0.1) is 11.3 Å². The van der Waals surface area contributed by atoms with E-state index in [1.807, 2.05) is 17.5 Å². The van der Waals surface area contributed by atoms with Crippen molar-refractivity contribution in [3.05, 3.63) is 64.0 Å². The van der Waals surface area contributed by atoms with E-state index in [-0.39, 0.29) is 6.03 Å². The van der Waals surface area contributed by atoms with Gasteiger partial charge in [0, 0.05) is 26.7 Å². The van der Waals surface area contributed by atoms with Crippen molar-refractivity contribution < 1.29 is 4.79 Å². The van der Waals surface area contributed by atoms with Crippen LogP contribution in [0.3, 0.4) is 0 Å². The molecule has 0 saturated carbocycles. The number of anilines is 2. The minimum absolute atomic E-state index is 0.357. The van der Waals surface area contributed by atoms with Crippen LogP contribution in [0.5, 0.6) is 0 Å². The molecule has 2 amide bonds. The number of rotatable bonds is 3. The van der Waals surface area contributed by atoms with Gasteiger partial charge < -0.3 is 5.32 Å². The SMILES string of the molecule is O=C(Nc1ccc(Cl)cc1)Nc1nc(-c2ccc(Cl)cc2)cs1. The van der Waals surface area contributed by atoms with Crippen molar-refractivity contribution in [2.45, 2.75) is 0 Å². The molecule has 116 valence electrons. The number of nitrogens with one attached hydrogen (secondary N) is 2. The number of carbonyl (C=O) groups excluding carboxylic acids is 1. The Balaban J connectivity index is 1.65. The Bertz CT molecular complexity index is 816. The van der Waals surface area contributed by atoms with Gasteiger partial charge in [0.15, 0.2) is 5.13 Å². The molecule has 3 aromatic rings. The van der Waals surface area contributed by atoms with Crippen molar-refractivity contribution in [3.8, 4) is 11.3 Å². The average molecular weight is 364 g/mol. The van der Waals surface area contributed by atoms with Gasteiger partial charge in [-0.1, -0.05) is 35.3 Å². The number of amides is 2. The zero-order chi connectivity index (χ0) is 16.2. The molecule has 0 saturated heterocycles. The van der Waals surface area contributed by atoms with Crippen LogP contribution in [0.4, 0.5) is 15.6 Å². The average Bonchev–Trinajstić information content (AvgIpc) is 2.98. The van der Waals surface area contributed by atoms with Gasteiger partial charge in [-0.25, -0.2) is 9.78 Å². The second kappa shape index (κ2) is 7.00. The molecule has 1 heterocycles. The molecule has 0 unspecified atom stereocenters. The largest absolute Gasteiger partial charge is 0.325 e. The summed E-state index contributed by atoms with van der Waals surface area (Å²) in [6, 6.07) is 13.9. The summed E-state index contributed by atoms with van der Waals surface area (Å²) < 4.78 is 0. The van der Waals surface area contributed by atoms with Crippen LogP contribution in [-0.4, -0.2) is 11.0 Å². The first-order chi connectivity index (χ1) is 11.1. The molecule has 7 heteroatoms. The fourth-order valence-corrected chi connectivity index (χ4v) is 2.84. The van der Waals surface area contributed by atoms with E-state index in [9.17, 15) is 4.79 Å². The Kier molecular flexibility index (Phi) is 4.81. The summed E-state index contributed by atoms with van der Waals surface area (Å²) in [5.74, 6) is 0. The van der Waals surface area contributed by atoms with Gasteiger partial charge in [0.2, 0.25) is 0 Å². The van der Waals surface area contributed by atoms with Gasteiger partial charge in [-0.2, -0.15) is 0 Å². The first kappa shape index (κ1) is 15.8. The van der Waals surface area contributed by atoms with Crippen LogP contribution in [0.1, 0.15) is 0 Å². The highest BCUT2D eigenvalue weighted by atomic mass is 35.5. The summed E-state index contributed by atoms with van der Waals surface area (Å²) in [4.78, 5) is 16.3. The van der Waals surface area contributed by atoms with Crippen molar-refractivity contribution in [1.82, 2.24) is 4.98 Å². The van der Waals surface area contributed by atoms with E-state index >= 15 is 0 Å². The number of hydrogen-bond acceptors (Lipinski definition) is 3. The number of aromatic nitrogens is 1. The Morgan fingerprint density at radius 2 is 1.52 bits per heavy atom. The molecule has 2 N–H and O–H groups in total. The van der Waals surface area contributed by atoms with Crippen LogP contribution in [-0.2, 0) is 0 Å². The van der Waals surface area contributed by atoms with Crippen molar-refractivity contribution >= 4 is 51.4 Å². The molecule has 2 aromatic carbocycles. The topological polar surface area (TPSA) is 54.0 Å². The second-order valence-corrected chi connectivity index (χ2v) is 6.36. The maximum absolute atomic E-state index is 12.0. The van der Waals surface area contributed by atoms with Crippen LogP contribution >= 0.6 is 34.5 Å². The second-order valence-electron chi connectivity index (χ2n) is 4.63. The molecule has 0 spiro atoms. The fourth-order valence-electron chi connectivity index (χ4n) is 1.88. The highest BCUT2D eigenvalue weighted by Crippen LogP contribution is 2.26. The first-order valence-electron chi connectivity index (χ1n) is 6.65. The molecule has 0 atom stereocenters. The zero-order valence-corrected chi connectivity index (χ0v) is 14.0. The fraction of sp³-hybridized carbons (Fsp3) is 0. The summed E-state index contributed by atoms with van der Waals surface area (Å²) in [6.07, 6.45) is 0. The highest BCUT2D eigenvalue weighted by molar-refractivity contribution is 7.14. The van der Waals surface area contributed by atoms with Gasteiger partial charge in [0.25, 0.3) is 0 Å². The Morgan fingerprint density at radius 3 is 2.17 bits per heavy atom. The van der Waals surface area contributed by atoms with Gasteiger partial charge in [-0.3, -0.25) is 5.32 Å². The van der Waals surface area contributed by atoms with Crippen LogP contribution < -0.4 is 10.6 Å². The molecular weight excluding hydrogens is 353 g/mol. The summed E-state index contributed by atoms with van der Waals surface area (Å²) in [7, 11) is 0. The number of carbonyl (C=O) groups is 1. The lowest BCUT2D eigenvalue weighted by Gasteiger charge is -2.05. The lowest BCUT2D eigenvalue weighted by molar-refractivity contribution is 0.262. The van der Waals surface area contributed by atoms with E-state index < -0.39 is 0 Å². The lowest BCUT2D eigenvalue weighted by atomic mass is 10.2. The minimum atomic E-state index is -0.357. The zero-order valence-electron chi connectivity index (χ0n) is 11.7. The first-order valence-corrected chi connectivity index (χ1v) is 8.29. The van der Waals surface area contributed by atoms with Crippen LogP contribution in [0.2, 0.25) is 10.0 Å². The standard InChI is InChI=1S/C16H11Cl2N3OS/c17-11-3-1-10(2-4-11)14-9-23-16(20-14)21-15(22)19-13-7-5-12(18)6-8-13/h1-9H,(H2,19,20,21,22). The summed E-state index contributed by atoms with van der Waals surface area (Å²) in [5.41, 5.74) is 2.38. The van der Waals surface area contributed by atoms with E-state index in [1.165, 1.54) is 11.3 Å². The van der Waals surface area contributed by atoms with Crippen molar-refractivity contribution in [2.24, 2.45) is 0 Å². The number of hydrogen-bond donors (Lipinski definition) is 2. The molecule has 0 bridgehead atoms. The van der Waals surface area contributed by atoms with E-state index in [4.69, 9.17) is 23.2 Å². The smallest absolute Gasteiger partial charge is 0.308 e. The van der Waals surface area contributed by atoms with Crippen LogP contribution in [0.15, 0.2) is 53.9 Å². The van der Waals surface area contributed by atoms with Crippen LogP contribution in [0, 0.1) is 0 Å². The molecule has 0 aliphatic rings. The van der Waals surface area contributed by atoms with Gasteiger partial charge in [-0.05, 0) is 36.4 Å². The van der Waals surface area contributed by atoms with E-state index in [0.29, 0.717) is 20.9 Å². The number of urea groups is 1. The van der Waals surface area contributed by atoms with Gasteiger partial charge >= 0.3 is 6.03 Å². The third kappa shape index (κ3) is 4.22. The van der Waals surface area contributed by atoms with Crippen molar-refractivity contribution in [1.29, 1.82) is 0 Å². The van der Waals surface area contributed by atoms with Gasteiger partial charge in [0.1, 0.15) is 0 Å². The van der Waals surface area contributed by atoms with E-state index in [0.717, 1.165) is 11.3 Å². The maximum Gasteiger partial charge on any atom is 0.325 e. The minimum Gasteiger partial charge on any atom is -0.308 e. The van der Waals surface area contributed by atoms with Gasteiger partial charge in [0.05, 0.1) is 5.69 Å². The number of halogens is 2. The quantitative estimate of drug-likeness (QED) is 0.621. The number of nitrogens with zero attached hydrogens (tertiary/aromatic N) is 1. The monoisotopic (exact) mass is 363 g/mol. The molecule has 0 fully saturated rings. The molecule has 0 radical (unpaired) electrons. The third-order valence-corrected chi connectivity index (χ3v) is 4.23. The predicted molar refractivity (Wildman–Crippen MR) is 96.7 cm³/mol. The van der Waals surface area contributed by atoms with E-state index in [2.05, 4.69) is 15.6 Å². The molecular formula is C16H11Cl2N3OS. The predicted octanol–water partition coefficient (Wildman–Crippen LogP) is 5.76. The Morgan fingerprint density at radius 1 is 0.913 bits per heavy atom. The Labute approximate surface area is 147 Å². The Hall–Kier alpha value is -2.08. The summed E-state index contributed by atoms with van der Waals surface area (Å²) >= 11 is 13.0. The third-order valence-electron chi connectivity index (χ3n) is 2.97. The summed E-state index contributed by atoms with van der Waals surface area (Å²) in [6.45, 7) is 0. The molecule has 3 rings (SSSR count). The van der Waals surface area contributed by atoms with Crippen molar-refractivity contribution in [2.75, 3.05) is 10.6 Å². The molecule has 0 aliphatic heterocycles. The molecule has 0 aliphatic carbocycles. The molecule has 1 aromatic heterocycles. The molecule has 4 nitrogen and oxygen atoms in total. The van der Waals surface area contributed by atoms with Crippen LogP contribution in [0.25, 0.3) is 11.3 Å². The van der Waals surface area contributed by atoms with Crippen molar-refractivity contribution in [3.63, 3.8) is 0 Å². The maximum atomic E-state index is 12.0. The normalized spacial score (nSPS) is 10.3. The van der Waals surface area contributed by atoms with E-state index in [1.54, 1.807) is 36.4 Å². The number of thiazole rings is 1. The lowest BCUT2D eigenvalue weighted by Crippen LogP contribution is -2.19. The highest BCUT2D eigenvalue weighted by Gasteiger charge is 2.08.